The third-order valence-electron chi connectivity index (χ3n) is 6.44. The number of pyridine rings is 1. The fourth-order valence-electron chi connectivity index (χ4n) is 4.59. The number of methoxy groups -OCH3 is 1. The standard InChI is InChI=1S/C28H29ClN2O4/c1-35-28(34)25(20-9-6-4-7-10-20)30-26(32)23-17-21-11-5-2-3-8-12-24(21)31(27(23)33)18-19-13-15-22(29)16-14-19/h4,6-7,9-10,13-17,25H,2-3,5,8,11-12,18H2,1H3,(H,30,32)/t25-/m1/s1. The normalized spacial score (nSPS) is 14.2. The number of hydrogen-bond donors (Lipinski definition) is 1. The van der Waals surface area contributed by atoms with Gasteiger partial charge in [-0.25, -0.2) is 4.79 Å². The van der Waals surface area contributed by atoms with Crippen LogP contribution in [0.5, 0.6) is 0 Å². The number of esters is 1. The van der Waals surface area contributed by atoms with E-state index in [4.69, 9.17) is 16.3 Å². The molecular weight excluding hydrogens is 464 g/mol. The highest BCUT2D eigenvalue weighted by atomic mass is 35.5. The van der Waals surface area contributed by atoms with Crippen molar-refractivity contribution in [1.82, 2.24) is 9.88 Å². The Morgan fingerprint density at radius 1 is 1.00 bits per heavy atom. The van der Waals surface area contributed by atoms with Crippen molar-refractivity contribution < 1.29 is 14.3 Å². The van der Waals surface area contributed by atoms with E-state index in [1.54, 1.807) is 47.0 Å². The number of carbonyl (C=O) groups excluding carboxylic acids is 2. The van der Waals surface area contributed by atoms with E-state index >= 15 is 0 Å². The number of nitrogens with one attached hydrogen (secondary N) is 1. The highest BCUT2D eigenvalue weighted by Crippen LogP contribution is 2.22. The Hall–Kier alpha value is -3.38. The number of carbonyl (C=O) groups is 2. The van der Waals surface area contributed by atoms with Gasteiger partial charge in [-0.15, -0.1) is 0 Å². The predicted octanol–water partition coefficient (Wildman–Crippen LogP) is 4.85. The molecule has 0 unspecified atom stereocenters. The van der Waals surface area contributed by atoms with E-state index in [2.05, 4.69) is 5.32 Å². The first kappa shape index (κ1) is 24.7. The lowest BCUT2D eigenvalue weighted by Crippen LogP contribution is -2.39. The van der Waals surface area contributed by atoms with Gasteiger partial charge in [0.2, 0.25) is 0 Å². The number of fused-ring (bicyclic) bond motifs is 1. The summed E-state index contributed by atoms with van der Waals surface area (Å²) in [7, 11) is 1.27. The van der Waals surface area contributed by atoms with Gasteiger partial charge in [-0.3, -0.25) is 9.59 Å². The molecule has 1 N–H and O–H groups in total. The average molecular weight is 493 g/mol. The highest BCUT2D eigenvalue weighted by molar-refractivity contribution is 6.30. The predicted molar refractivity (Wildman–Crippen MR) is 136 cm³/mol. The molecule has 0 spiro atoms. The molecule has 182 valence electrons. The second kappa shape index (κ2) is 11.4. The van der Waals surface area contributed by atoms with Gasteiger partial charge in [0.15, 0.2) is 6.04 Å². The van der Waals surface area contributed by atoms with Crippen LogP contribution in [0, 0.1) is 0 Å². The summed E-state index contributed by atoms with van der Waals surface area (Å²) in [5, 5.41) is 3.35. The molecule has 3 aromatic rings. The van der Waals surface area contributed by atoms with Crippen molar-refractivity contribution in [3.63, 3.8) is 0 Å². The lowest BCUT2D eigenvalue weighted by molar-refractivity contribution is -0.143. The first-order chi connectivity index (χ1) is 17.0. The van der Waals surface area contributed by atoms with Crippen LogP contribution in [0.25, 0.3) is 0 Å². The van der Waals surface area contributed by atoms with Gasteiger partial charge in [-0.1, -0.05) is 66.9 Å². The molecule has 1 aromatic heterocycles. The van der Waals surface area contributed by atoms with Crippen LogP contribution in [0.1, 0.15) is 64.5 Å². The van der Waals surface area contributed by atoms with E-state index in [0.29, 0.717) is 17.1 Å². The molecule has 6 nitrogen and oxygen atoms in total. The Morgan fingerprint density at radius 3 is 2.37 bits per heavy atom. The smallest absolute Gasteiger partial charge is 0.333 e. The topological polar surface area (TPSA) is 77.4 Å². The number of nitrogens with zero attached hydrogens (tertiary/aromatic N) is 1. The van der Waals surface area contributed by atoms with Crippen LogP contribution < -0.4 is 10.9 Å². The SMILES string of the molecule is COC(=O)[C@H](NC(=O)c1cc2c(n(Cc3ccc(Cl)cc3)c1=O)CCCCCC2)c1ccccc1. The van der Waals surface area contributed by atoms with Crippen LogP contribution in [-0.4, -0.2) is 23.6 Å². The zero-order chi connectivity index (χ0) is 24.8. The molecule has 0 bridgehead atoms. The summed E-state index contributed by atoms with van der Waals surface area (Å²) in [6.07, 6.45) is 5.83. The number of aryl methyl sites for hydroxylation is 1. The summed E-state index contributed by atoms with van der Waals surface area (Å²) in [5.41, 5.74) is 3.17. The summed E-state index contributed by atoms with van der Waals surface area (Å²) in [6, 6.07) is 16.9. The molecule has 1 aliphatic carbocycles. The Bertz CT molecular complexity index is 1250. The third kappa shape index (κ3) is 5.82. The monoisotopic (exact) mass is 492 g/mol. The summed E-state index contributed by atoms with van der Waals surface area (Å²) in [4.78, 5) is 39.6. The Balaban J connectivity index is 1.75. The Kier molecular flexibility index (Phi) is 8.03. The largest absolute Gasteiger partial charge is 0.467 e. The summed E-state index contributed by atoms with van der Waals surface area (Å²) in [6.45, 7) is 0.346. The number of benzene rings is 2. The minimum absolute atomic E-state index is 0.0307. The Labute approximate surface area is 209 Å². The van der Waals surface area contributed by atoms with Gasteiger partial charge in [0.25, 0.3) is 11.5 Å². The van der Waals surface area contributed by atoms with E-state index in [1.165, 1.54) is 7.11 Å². The van der Waals surface area contributed by atoms with Crippen molar-refractivity contribution in [3.05, 3.63) is 104 Å². The molecule has 7 heteroatoms. The van der Waals surface area contributed by atoms with Crippen LogP contribution in [-0.2, 0) is 28.9 Å². The number of rotatable bonds is 6. The second-order valence-electron chi connectivity index (χ2n) is 8.80. The van der Waals surface area contributed by atoms with Crippen LogP contribution in [0.3, 0.4) is 0 Å². The van der Waals surface area contributed by atoms with E-state index < -0.39 is 17.9 Å². The number of halogens is 1. The van der Waals surface area contributed by atoms with Gasteiger partial charge in [0, 0.05) is 10.7 Å². The molecule has 35 heavy (non-hydrogen) atoms. The van der Waals surface area contributed by atoms with E-state index in [9.17, 15) is 14.4 Å². The van der Waals surface area contributed by atoms with Gasteiger partial charge < -0.3 is 14.6 Å². The van der Waals surface area contributed by atoms with Crippen molar-refractivity contribution in [2.24, 2.45) is 0 Å². The molecule has 2 aromatic carbocycles. The molecule has 1 atom stereocenters. The molecule has 0 radical (unpaired) electrons. The maximum atomic E-state index is 13.7. The molecule has 0 aliphatic heterocycles. The minimum atomic E-state index is -1.01. The minimum Gasteiger partial charge on any atom is -0.467 e. The van der Waals surface area contributed by atoms with Crippen molar-refractivity contribution in [2.75, 3.05) is 7.11 Å². The summed E-state index contributed by atoms with van der Waals surface area (Å²) < 4.78 is 6.64. The maximum absolute atomic E-state index is 13.7. The van der Waals surface area contributed by atoms with Crippen molar-refractivity contribution >= 4 is 23.5 Å². The molecule has 4 rings (SSSR count). The van der Waals surface area contributed by atoms with Crippen molar-refractivity contribution in [1.29, 1.82) is 0 Å². The first-order valence-electron chi connectivity index (χ1n) is 11.9. The molecule has 0 saturated heterocycles. The lowest BCUT2D eigenvalue weighted by atomic mass is 9.95. The maximum Gasteiger partial charge on any atom is 0.333 e. The molecule has 1 amide bonds. The number of aromatic nitrogens is 1. The fourth-order valence-corrected chi connectivity index (χ4v) is 4.71. The summed E-state index contributed by atoms with van der Waals surface area (Å²) in [5.74, 6) is -1.19. The molecule has 0 saturated carbocycles. The average Bonchev–Trinajstić information content (AvgIpc) is 2.86. The molecule has 1 heterocycles. The van der Waals surface area contributed by atoms with Crippen LogP contribution in [0.4, 0.5) is 0 Å². The van der Waals surface area contributed by atoms with Gasteiger partial charge in [-0.2, -0.15) is 0 Å². The zero-order valence-electron chi connectivity index (χ0n) is 19.8. The first-order valence-corrected chi connectivity index (χ1v) is 12.3. The van der Waals surface area contributed by atoms with Gasteiger partial charge in [0.1, 0.15) is 5.56 Å². The van der Waals surface area contributed by atoms with E-state index in [-0.39, 0.29) is 11.1 Å². The molecular formula is C28H29ClN2O4. The molecule has 1 aliphatic rings. The number of hydrogen-bond acceptors (Lipinski definition) is 4. The van der Waals surface area contributed by atoms with Crippen LogP contribution in [0.2, 0.25) is 5.02 Å². The zero-order valence-corrected chi connectivity index (χ0v) is 20.5. The Morgan fingerprint density at radius 2 is 1.69 bits per heavy atom. The lowest BCUT2D eigenvalue weighted by Gasteiger charge is -2.22. The van der Waals surface area contributed by atoms with Crippen LogP contribution >= 0.6 is 11.6 Å². The quantitative estimate of drug-likeness (QED) is 0.499. The fraction of sp³-hybridized carbons (Fsp3) is 0.321. The third-order valence-corrected chi connectivity index (χ3v) is 6.70. The number of amides is 1. The number of ether oxygens (including phenoxy) is 1. The highest BCUT2D eigenvalue weighted by Gasteiger charge is 2.27. The van der Waals surface area contributed by atoms with Crippen molar-refractivity contribution in [3.8, 4) is 0 Å². The van der Waals surface area contributed by atoms with E-state index in [1.807, 2.05) is 18.2 Å². The van der Waals surface area contributed by atoms with Gasteiger partial charge in [0.05, 0.1) is 13.7 Å². The van der Waals surface area contributed by atoms with Gasteiger partial charge >= 0.3 is 5.97 Å². The summed E-state index contributed by atoms with van der Waals surface area (Å²) >= 11 is 6.04. The van der Waals surface area contributed by atoms with E-state index in [0.717, 1.165) is 55.3 Å². The van der Waals surface area contributed by atoms with Gasteiger partial charge in [-0.05, 0) is 60.6 Å². The molecule has 0 fully saturated rings. The van der Waals surface area contributed by atoms with Crippen LogP contribution in [0.15, 0.2) is 65.5 Å². The second-order valence-corrected chi connectivity index (χ2v) is 9.24. The van der Waals surface area contributed by atoms with Crippen molar-refractivity contribution in [2.45, 2.75) is 51.1 Å².